The second-order valence-electron chi connectivity index (χ2n) is 6.36. The van der Waals surface area contributed by atoms with Gasteiger partial charge in [-0.15, -0.1) is 11.8 Å². The standard InChI is InChI=1S/C19H20BrN3O2S/c1-12-15(7-8-16(21-12)13-5-4-6-14(20)9-13)18(24)23-11-26-10-17(23)19(25)22(2)3/h4-9,17H,10-11H2,1-3H3. The predicted octanol–water partition coefficient (Wildman–Crippen LogP) is 3.42. The zero-order valence-electron chi connectivity index (χ0n) is 14.9. The second-order valence-corrected chi connectivity index (χ2v) is 8.28. The number of pyridine rings is 1. The first-order chi connectivity index (χ1) is 12.4. The van der Waals surface area contributed by atoms with Crippen LogP contribution >= 0.6 is 27.7 Å². The Bertz CT molecular complexity index is 856. The van der Waals surface area contributed by atoms with E-state index in [0.29, 0.717) is 22.9 Å². The molecule has 1 saturated heterocycles. The summed E-state index contributed by atoms with van der Waals surface area (Å²) in [5.41, 5.74) is 3.01. The predicted molar refractivity (Wildman–Crippen MR) is 108 cm³/mol. The molecule has 1 aromatic carbocycles. The van der Waals surface area contributed by atoms with Gasteiger partial charge in [0.05, 0.1) is 22.8 Å². The third-order valence-corrected chi connectivity index (χ3v) is 5.81. The Kier molecular flexibility index (Phi) is 5.67. The monoisotopic (exact) mass is 433 g/mol. The molecular formula is C19H20BrN3O2S. The topological polar surface area (TPSA) is 53.5 Å². The van der Waals surface area contributed by atoms with Gasteiger partial charge >= 0.3 is 0 Å². The lowest BCUT2D eigenvalue weighted by atomic mass is 10.1. The molecule has 0 radical (unpaired) electrons. The van der Waals surface area contributed by atoms with Crippen LogP contribution in [-0.2, 0) is 4.79 Å². The highest BCUT2D eigenvalue weighted by Crippen LogP contribution is 2.27. The summed E-state index contributed by atoms with van der Waals surface area (Å²) >= 11 is 5.06. The van der Waals surface area contributed by atoms with E-state index in [4.69, 9.17) is 0 Å². The molecule has 1 aliphatic heterocycles. The molecule has 0 N–H and O–H groups in total. The van der Waals surface area contributed by atoms with Crippen molar-refractivity contribution >= 4 is 39.5 Å². The smallest absolute Gasteiger partial charge is 0.257 e. The normalized spacial score (nSPS) is 16.6. The fourth-order valence-corrected chi connectivity index (χ4v) is 4.44. The summed E-state index contributed by atoms with van der Waals surface area (Å²) in [6, 6.07) is 11.1. The van der Waals surface area contributed by atoms with Crippen molar-refractivity contribution in [3.63, 3.8) is 0 Å². The van der Waals surface area contributed by atoms with Gasteiger partial charge in [0.1, 0.15) is 6.04 Å². The number of aryl methyl sites for hydroxylation is 1. The van der Waals surface area contributed by atoms with Gasteiger partial charge in [0.25, 0.3) is 5.91 Å². The van der Waals surface area contributed by atoms with E-state index in [1.807, 2.05) is 37.3 Å². The van der Waals surface area contributed by atoms with Gasteiger partial charge in [0, 0.05) is 29.9 Å². The van der Waals surface area contributed by atoms with Gasteiger partial charge in [-0.2, -0.15) is 0 Å². The van der Waals surface area contributed by atoms with Crippen molar-refractivity contribution in [1.82, 2.24) is 14.8 Å². The third kappa shape index (κ3) is 3.78. The number of thioether (sulfide) groups is 1. The first-order valence-corrected chi connectivity index (χ1v) is 10.2. The number of halogens is 1. The molecule has 0 spiro atoms. The van der Waals surface area contributed by atoms with Gasteiger partial charge in [-0.1, -0.05) is 28.1 Å². The summed E-state index contributed by atoms with van der Waals surface area (Å²) in [5, 5.41) is 0. The number of rotatable bonds is 3. The quantitative estimate of drug-likeness (QED) is 0.743. The molecule has 7 heteroatoms. The van der Waals surface area contributed by atoms with Crippen molar-refractivity contribution in [2.24, 2.45) is 0 Å². The van der Waals surface area contributed by atoms with Crippen LogP contribution in [0.4, 0.5) is 0 Å². The van der Waals surface area contributed by atoms with E-state index in [9.17, 15) is 9.59 Å². The van der Waals surface area contributed by atoms with Crippen molar-refractivity contribution in [1.29, 1.82) is 0 Å². The molecule has 2 aromatic rings. The Morgan fingerprint density at radius 1 is 1.27 bits per heavy atom. The zero-order chi connectivity index (χ0) is 18.8. The van der Waals surface area contributed by atoms with Crippen LogP contribution in [0.3, 0.4) is 0 Å². The lowest BCUT2D eigenvalue weighted by Gasteiger charge is -2.25. The number of amides is 2. The van der Waals surface area contributed by atoms with Gasteiger partial charge in [0.2, 0.25) is 5.91 Å². The number of carbonyl (C=O) groups is 2. The number of benzene rings is 1. The summed E-state index contributed by atoms with van der Waals surface area (Å²) in [4.78, 5) is 33.1. The van der Waals surface area contributed by atoms with E-state index in [1.54, 1.807) is 36.8 Å². The van der Waals surface area contributed by atoms with Crippen LogP contribution in [0.5, 0.6) is 0 Å². The van der Waals surface area contributed by atoms with Crippen molar-refractivity contribution in [2.75, 3.05) is 25.7 Å². The molecule has 1 aliphatic rings. The maximum absolute atomic E-state index is 13.0. The van der Waals surface area contributed by atoms with E-state index in [0.717, 1.165) is 15.7 Å². The molecule has 1 aromatic heterocycles. The van der Waals surface area contributed by atoms with Crippen LogP contribution in [0, 0.1) is 6.92 Å². The maximum Gasteiger partial charge on any atom is 0.257 e. The summed E-state index contributed by atoms with van der Waals surface area (Å²) in [6.45, 7) is 1.83. The largest absolute Gasteiger partial charge is 0.347 e. The number of carbonyl (C=O) groups excluding carboxylic acids is 2. The number of hydrogen-bond donors (Lipinski definition) is 0. The summed E-state index contributed by atoms with van der Waals surface area (Å²) in [6.07, 6.45) is 0. The van der Waals surface area contributed by atoms with Crippen molar-refractivity contribution in [2.45, 2.75) is 13.0 Å². The minimum Gasteiger partial charge on any atom is -0.347 e. The molecule has 1 atom stereocenters. The van der Waals surface area contributed by atoms with Crippen LogP contribution in [0.25, 0.3) is 11.3 Å². The van der Waals surface area contributed by atoms with Gasteiger partial charge in [-0.3, -0.25) is 14.6 Å². The molecule has 26 heavy (non-hydrogen) atoms. The molecule has 3 rings (SSSR count). The molecule has 1 unspecified atom stereocenters. The lowest BCUT2D eigenvalue weighted by molar-refractivity contribution is -0.132. The molecule has 5 nitrogen and oxygen atoms in total. The van der Waals surface area contributed by atoms with E-state index in [2.05, 4.69) is 20.9 Å². The van der Waals surface area contributed by atoms with Gasteiger partial charge in [-0.25, -0.2) is 0 Å². The first-order valence-electron chi connectivity index (χ1n) is 8.22. The molecule has 0 aliphatic carbocycles. The highest BCUT2D eigenvalue weighted by molar-refractivity contribution is 9.10. The highest BCUT2D eigenvalue weighted by atomic mass is 79.9. The van der Waals surface area contributed by atoms with E-state index in [1.165, 1.54) is 4.90 Å². The average Bonchev–Trinajstić information content (AvgIpc) is 3.10. The Morgan fingerprint density at radius 3 is 2.69 bits per heavy atom. The van der Waals surface area contributed by atoms with Crippen LogP contribution in [0.15, 0.2) is 40.9 Å². The number of aromatic nitrogens is 1. The second kappa shape index (κ2) is 7.80. The van der Waals surface area contributed by atoms with E-state index in [-0.39, 0.29) is 11.8 Å². The Hall–Kier alpha value is -1.86. The summed E-state index contributed by atoms with van der Waals surface area (Å²) in [5.74, 6) is 0.974. The summed E-state index contributed by atoms with van der Waals surface area (Å²) in [7, 11) is 3.43. The van der Waals surface area contributed by atoms with Crippen LogP contribution in [0.2, 0.25) is 0 Å². The fraction of sp³-hybridized carbons (Fsp3) is 0.316. The number of likely N-dealkylation sites (N-methyl/N-ethyl adjacent to an activating group) is 1. The molecule has 0 bridgehead atoms. The molecular weight excluding hydrogens is 414 g/mol. The SMILES string of the molecule is Cc1nc(-c2cccc(Br)c2)ccc1C(=O)N1CSCC1C(=O)N(C)C. The molecule has 2 amide bonds. The van der Waals surface area contributed by atoms with E-state index < -0.39 is 6.04 Å². The number of hydrogen-bond acceptors (Lipinski definition) is 4. The van der Waals surface area contributed by atoms with Crippen LogP contribution in [-0.4, -0.2) is 58.4 Å². The van der Waals surface area contributed by atoms with Crippen LogP contribution in [0.1, 0.15) is 16.1 Å². The summed E-state index contributed by atoms with van der Waals surface area (Å²) < 4.78 is 0.980. The van der Waals surface area contributed by atoms with Crippen molar-refractivity contribution in [3.8, 4) is 11.3 Å². The minimum atomic E-state index is -0.411. The van der Waals surface area contributed by atoms with Gasteiger partial charge in [0.15, 0.2) is 0 Å². The van der Waals surface area contributed by atoms with Crippen LogP contribution < -0.4 is 0 Å². The Labute approximate surface area is 165 Å². The Balaban J connectivity index is 1.87. The van der Waals surface area contributed by atoms with Crippen molar-refractivity contribution < 1.29 is 9.59 Å². The minimum absolute atomic E-state index is 0.0419. The average molecular weight is 434 g/mol. The molecule has 136 valence electrons. The van der Waals surface area contributed by atoms with Gasteiger partial charge in [-0.05, 0) is 31.2 Å². The van der Waals surface area contributed by atoms with Gasteiger partial charge < -0.3 is 9.80 Å². The maximum atomic E-state index is 13.0. The fourth-order valence-electron chi connectivity index (χ4n) is 2.90. The zero-order valence-corrected chi connectivity index (χ0v) is 17.3. The molecule has 0 saturated carbocycles. The Morgan fingerprint density at radius 2 is 2.04 bits per heavy atom. The molecule has 2 heterocycles. The third-order valence-electron chi connectivity index (χ3n) is 4.31. The number of nitrogens with zero attached hydrogens (tertiary/aromatic N) is 3. The lowest BCUT2D eigenvalue weighted by Crippen LogP contribution is -2.46. The van der Waals surface area contributed by atoms with E-state index >= 15 is 0 Å². The highest BCUT2D eigenvalue weighted by Gasteiger charge is 2.36. The van der Waals surface area contributed by atoms with Crippen molar-refractivity contribution in [3.05, 3.63) is 52.1 Å². The molecule has 1 fully saturated rings. The first kappa shape index (κ1) is 18.9.